The van der Waals surface area contributed by atoms with E-state index in [-0.39, 0.29) is 10.8 Å². The second kappa shape index (κ2) is 7.98. The molecule has 7 nitrogen and oxygen atoms in total. The number of rotatable bonds is 4. The lowest BCUT2D eigenvalue weighted by Gasteiger charge is -2.35. The van der Waals surface area contributed by atoms with Gasteiger partial charge in [0.2, 0.25) is 15.9 Å². The summed E-state index contributed by atoms with van der Waals surface area (Å²) in [7, 11) is -3.53. The van der Waals surface area contributed by atoms with Crippen molar-refractivity contribution in [2.45, 2.75) is 17.7 Å². The smallest absolute Gasteiger partial charge is 0.244 e. The van der Waals surface area contributed by atoms with Crippen LogP contribution in [0.3, 0.4) is 0 Å². The van der Waals surface area contributed by atoms with Gasteiger partial charge in [-0.3, -0.25) is 14.7 Å². The Morgan fingerprint density at radius 3 is 2.54 bits per heavy atom. The van der Waals surface area contributed by atoms with Crippen LogP contribution in [-0.4, -0.2) is 67.8 Å². The summed E-state index contributed by atoms with van der Waals surface area (Å²) in [5.41, 5.74) is 2.23. The summed E-state index contributed by atoms with van der Waals surface area (Å²) in [6, 6.07) is 11.2. The number of aromatic nitrogens is 1. The second-order valence-electron chi connectivity index (χ2n) is 7.15. The van der Waals surface area contributed by atoms with Crippen molar-refractivity contribution >= 4 is 21.6 Å². The van der Waals surface area contributed by atoms with Crippen LogP contribution < -0.4 is 4.90 Å². The number of amides is 1. The number of nitrogens with zero attached hydrogens (tertiary/aromatic N) is 4. The highest BCUT2D eigenvalue weighted by molar-refractivity contribution is 7.89. The van der Waals surface area contributed by atoms with E-state index in [0.29, 0.717) is 32.7 Å². The lowest BCUT2D eigenvalue weighted by Crippen LogP contribution is -2.52. The second-order valence-corrected chi connectivity index (χ2v) is 9.08. The lowest BCUT2D eigenvalue weighted by molar-refractivity contribution is -0.120. The van der Waals surface area contributed by atoms with Gasteiger partial charge in [0.25, 0.3) is 0 Å². The van der Waals surface area contributed by atoms with Gasteiger partial charge >= 0.3 is 0 Å². The zero-order valence-corrected chi connectivity index (χ0v) is 16.5. The summed E-state index contributed by atoms with van der Waals surface area (Å²) < 4.78 is 26.9. The van der Waals surface area contributed by atoms with Crippen molar-refractivity contribution < 1.29 is 13.2 Å². The molecule has 0 radical (unpaired) electrons. The van der Waals surface area contributed by atoms with Crippen LogP contribution in [0, 0.1) is 0 Å². The molecule has 0 atom stereocenters. The molecule has 2 aromatic rings. The Balaban J connectivity index is 1.37. The van der Waals surface area contributed by atoms with Crippen molar-refractivity contribution in [1.82, 2.24) is 14.2 Å². The van der Waals surface area contributed by atoms with E-state index in [9.17, 15) is 13.2 Å². The first-order valence-corrected chi connectivity index (χ1v) is 11.0. The van der Waals surface area contributed by atoms with Gasteiger partial charge in [-0.2, -0.15) is 4.31 Å². The summed E-state index contributed by atoms with van der Waals surface area (Å²) in [6.45, 7) is 2.89. The maximum Gasteiger partial charge on any atom is 0.244 e. The van der Waals surface area contributed by atoms with E-state index in [2.05, 4.69) is 11.1 Å². The normalized spacial score (nSPS) is 18.6. The van der Waals surface area contributed by atoms with Crippen LogP contribution in [0.25, 0.3) is 0 Å². The molecule has 4 rings (SSSR count). The van der Waals surface area contributed by atoms with E-state index in [1.165, 1.54) is 16.1 Å². The fraction of sp³-hybridized carbons (Fsp3) is 0.400. The van der Waals surface area contributed by atoms with Gasteiger partial charge in [0.1, 0.15) is 4.90 Å². The van der Waals surface area contributed by atoms with E-state index in [1.807, 2.05) is 28.0 Å². The summed E-state index contributed by atoms with van der Waals surface area (Å²) in [5, 5.41) is 0. The van der Waals surface area contributed by atoms with Gasteiger partial charge in [-0.1, -0.05) is 18.2 Å². The average molecular weight is 401 g/mol. The zero-order chi connectivity index (χ0) is 19.6. The van der Waals surface area contributed by atoms with Gasteiger partial charge in [0.05, 0.1) is 6.54 Å². The Hall–Kier alpha value is -2.29. The number of hydrogen-bond acceptors (Lipinski definition) is 5. The molecule has 2 aliphatic rings. The van der Waals surface area contributed by atoms with Crippen LogP contribution in [0.1, 0.15) is 12.0 Å². The van der Waals surface area contributed by atoms with Crippen molar-refractivity contribution in [3.8, 4) is 0 Å². The van der Waals surface area contributed by atoms with Crippen molar-refractivity contribution in [2.24, 2.45) is 0 Å². The van der Waals surface area contributed by atoms with Crippen molar-refractivity contribution in [3.63, 3.8) is 0 Å². The number of para-hydroxylation sites is 1. The number of anilines is 1. The topological polar surface area (TPSA) is 73.8 Å². The molecular weight excluding hydrogens is 376 g/mol. The van der Waals surface area contributed by atoms with E-state index in [1.54, 1.807) is 18.3 Å². The minimum Gasteiger partial charge on any atom is -0.311 e. The fourth-order valence-corrected chi connectivity index (χ4v) is 5.23. The summed E-state index contributed by atoms with van der Waals surface area (Å²) >= 11 is 0. The number of benzene rings is 1. The molecule has 0 spiro atoms. The molecule has 0 saturated carbocycles. The minimum atomic E-state index is -3.53. The maximum atomic E-state index is 12.9. The third kappa shape index (κ3) is 3.80. The van der Waals surface area contributed by atoms with E-state index in [0.717, 1.165) is 25.1 Å². The van der Waals surface area contributed by atoms with Crippen LogP contribution in [-0.2, 0) is 21.2 Å². The van der Waals surface area contributed by atoms with Gasteiger partial charge in [0, 0.05) is 50.8 Å². The minimum absolute atomic E-state index is 0.0794. The third-order valence-electron chi connectivity index (χ3n) is 5.37. The number of carbonyl (C=O) groups is 1. The Labute approximate surface area is 165 Å². The Morgan fingerprint density at radius 2 is 1.79 bits per heavy atom. The fourth-order valence-electron chi connectivity index (χ4n) is 3.85. The highest BCUT2D eigenvalue weighted by Crippen LogP contribution is 2.27. The van der Waals surface area contributed by atoms with Gasteiger partial charge in [-0.15, -0.1) is 0 Å². The van der Waals surface area contributed by atoms with Crippen LogP contribution in [0.4, 0.5) is 5.69 Å². The molecule has 148 valence electrons. The highest BCUT2D eigenvalue weighted by Gasteiger charge is 2.30. The third-order valence-corrected chi connectivity index (χ3v) is 7.26. The van der Waals surface area contributed by atoms with Gasteiger partial charge in [-0.25, -0.2) is 8.42 Å². The first-order chi connectivity index (χ1) is 13.6. The molecule has 1 saturated heterocycles. The molecule has 0 aliphatic carbocycles. The van der Waals surface area contributed by atoms with Gasteiger partial charge in [-0.05, 0) is 36.6 Å². The van der Waals surface area contributed by atoms with Crippen molar-refractivity contribution in [3.05, 3.63) is 54.4 Å². The molecule has 8 heteroatoms. The van der Waals surface area contributed by atoms with E-state index < -0.39 is 10.0 Å². The number of piperazine rings is 1. The summed E-state index contributed by atoms with van der Waals surface area (Å²) in [5.74, 6) is 0.0794. The average Bonchev–Trinajstić information content (AvgIpc) is 2.74. The van der Waals surface area contributed by atoms with Crippen molar-refractivity contribution in [1.29, 1.82) is 0 Å². The molecule has 3 heterocycles. The quantitative estimate of drug-likeness (QED) is 0.775. The Morgan fingerprint density at radius 1 is 1.00 bits per heavy atom. The largest absolute Gasteiger partial charge is 0.311 e. The molecule has 0 unspecified atom stereocenters. The predicted molar refractivity (Wildman–Crippen MR) is 107 cm³/mol. The standard InChI is InChI=1S/C20H24N4O3S/c25-20(24-10-4-6-17-5-1-2-8-19(17)24)16-22-11-13-23(14-12-22)28(26,27)18-7-3-9-21-15-18/h1-3,5,7-9,15H,4,6,10-14,16H2. The summed E-state index contributed by atoms with van der Waals surface area (Å²) in [6.07, 6.45) is 4.91. The Kier molecular flexibility index (Phi) is 5.43. The van der Waals surface area contributed by atoms with Crippen molar-refractivity contribution in [2.75, 3.05) is 44.2 Å². The van der Waals surface area contributed by atoms with E-state index >= 15 is 0 Å². The number of hydrogen-bond donors (Lipinski definition) is 0. The molecule has 1 aromatic carbocycles. The first kappa shape index (κ1) is 19.0. The predicted octanol–water partition coefficient (Wildman–Crippen LogP) is 1.37. The van der Waals surface area contributed by atoms with E-state index in [4.69, 9.17) is 0 Å². The summed E-state index contributed by atoms with van der Waals surface area (Å²) in [4.78, 5) is 20.9. The van der Waals surface area contributed by atoms with Crippen LogP contribution in [0.5, 0.6) is 0 Å². The molecule has 28 heavy (non-hydrogen) atoms. The van der Waals surface area contributed by atoms with Crippen LogP contribution >= 0.6 is 0 Å². The first-order valence-electron chi connectivity index (χ1n) is 9.56. The van der Waals surface area contributed by atoms with Crippen LogP contribution in [0.15, 0.2) is 53.7 Å². The molecule has 2 aliphatic heterocycles. The number of sulfonamides is 1. The molecule has 0 bridgehead atoms. The molecule has 1 fully saturated rings. The number of carbonyl (C=O) groups excluding carboxylic acids is 1. The zero-order valence-electron chi connectivity index (χ0n) is 15.7. The van der Waals surface area contributed by atoms with Crippen LogP contribution in [0.2, 0.25) is 0 Å². The molecule has 1 amide bonds. The number of fused-ring (bicyclic) bond motifs is 1. The molecule has 0 N–H and O–H groups in total. The molecule has 1 aromatic heterocycles. The van der Waals surface area contributed by atoms with Gasteiger partial charge in [0.15, 0.2) is 0 Å². The maximum absolute atomic E-state index is 12.9. The highest BCUT2D eigenvalue weighted by atomic mass is 32.2. The SMILES string of the molecule is O=C(CN1CCN(S(=O)(=O)c2cccnc2)CC1)N1CCCc2ccccc21. The molecular formula is C20H24N4O3S. The lowest BCUT2D eigenvalue weighted by atomic mass is 10.0. The monoisotopic (exact) mass is 400 g/mol. The number of pyridine rings is 1. The Bertz CT molecular complexity index is 941. The van der Waals surface area contributed by atoms with Gasteiger partial charge < -0.3 is 4.90 Å². The number of aryl methyl sites for hydroxylation is 1.